The van der Waals surface area contributed by atoms with Crippen LogP contribution in [0.4, 0.5) is 0 Å². The van der Waals surface area contributed by atoms with E-state index < -0.39 is 28.9 Å². The molecule has 0 aromatic carbocycles. The first-order valence-corrected chi connectivity index (χ1v) is 5.68. The molecule has 0 fully saturated rings. The van der Waals surface area contributed by atoms with Crippen molar-refractivity contribution in [1.29, 1.82) is 0 Å². The van der Waals surface area contributed by atoms with Gasteiger partial charge in [0.2, 0.25) is 5.90 Å². The summed E-state index contributed by atoms with van der Waals surface area (Å²) in [4.78, 5) is 37.1. The zero-order valence-corrected chi connectivity index (χ0v) is 10.6. The van der Waals surface area contributed by atoms with Gasteiger partial charge in [-0.2, -0.15) is 0 Å². The molecule has 0 bridgehead atoms. The summed E-state index contributed by atoms with van der Waals surface area (Å²) in [6.45, 7) is -1.17. The second-order valence-corrected chi connectivity index (χ2v) is 4.17. The Hall–Kier alpha value is -2.98. The number of aliphatic imine (C=N–C) groups is 1. The van der Waals surface area contributed by atoms with Crippen LogP contribution in [-0.2, 0) is 14.4 Å². The predicted molar refractivity (Wildman–Crippen MR) is 65.3 cm³/mol. The Morgan fingerprint density at radius 1 is 1.29 bits per heavy atom. The maximum absolute atomic E-state index is 10.3. The summed E-state index contributed by atoms with van der Waals surface area (Å²) in [6.07, 6.45) is 3.04. The van der Waals surface area contributed by atoms with E-state index in [1.54, 1.807) is 18.3 Å². The van der Waals surface area contributed by atoms with E-state index in [2.05, 4.69) is 19.7 Å². The first kappa shape index (κ1) is 14.4. The Morgan fingerprint density at radius 2 is 1.95 bits per heavy atom. The van der Waals surface area contributed by atoms with Crippen molar-refractivity contribution in [2.45, 2.75) is 5.54 Å². The Labute approximate surface area is 117 Å². The molecule has 0 N–H and O–H groups in total. The van der Waals surface area contributed by atoms with Gasteiger partial charge in [0.1, 0.15) is 25.4 Å². The largest absolute Gasteiger partial charge is 0.475 e. The van der Waals surface area contributed by atoms with Crippen LogP contribution in [0.2, 0.25) is 0 Å². The third-order valence-electron chi connectivity index (χ3n) is 2.60. The van der Waals surface area contributed by atoms with Gasteiger partial charge in [0.15, 0.2) is 0 Å². The van der Waals surface area contributed by atoms with Crippen molar-refractivity contribution in [3.8, 4) is 0 Å². The lowest BCUT2D eigenvalue weighted by Crippen LogP contribution is -2.41. The first-order valence-electron chi connectivity index (χ1n) is 5.68. The highest BCUT2D eigenvalue weighted by atomic mass is 17.0. The average molecular weight is 298 g/mol. The fraction of sp³-hybridized carbons (Fsp3) is 0.400. The second kappa shape index (κ2) is 5.98. The molecule has 0 radical (unpaired) electrons. The van der Waals surface area contributed by atoms with Crippen molar-refractivity contribution in [3.63, 3.8) is 0 Å². The smallest absolute Gasteiger partial charge is 0.294 e. The van der Waals surface area contributed by atoms with Gasteiger partial charge in [0.05, 0.1) is 5.56 Å². The molecular formula is C10H10N4O7. The summed E-state index contributed by atoms with van der Waals surface area (Å²) in [5.74, 6) is 0.169. The van der Waals surface area contributed by atoms with Gasteiger partial charge in [-0.05, 0) is 12.1 Å². The molecule has 11 nitrogen and oxygen atoms in total. The molecule has 0 atom stereocenters. The second-order valence-electron chi connectivity index (χ2n) is 4.17. The van der Waals surface area contributed by atoms with E-state index >= 15 is 0 Å². The molecule has 112 valence electrons. The summed E-state index contributed by atoms with van der Waals surface area (Å²) < 4.78 is 5.32. The average Bonchev–Trinajstić information content (AvgIpc) is 2.89. The topological polar surface area (TPSA) is 139 Å². The quantitative estimate of drug-likeness (QED) is 0.506. The van der Waals surface area contributed by atoms with Crippen LogP contribution in [0.25, 0.3) is 0 Å². The molecule has 11 heteroatoms. The Morgan fingerprint density at radius 3 is 2.48 bits per heavy atom. The van der Waals surface area contributed by atoms with Crippen molar-refractivity contribution >= 4 is 5.90 Å². The van der Waals surface area contributed by atoms with Crippen molar-refractivity contribution in [1.82, 2.24) is 4.98 Å². The number of aromatic nitrogens is 1. The minimum Gasteiger partial charge on any atom is -0.475 e. The third kappa shape index (κ3) is 3.75. The van der Waals surface area contributed by atoms with E-state index in [1.807, 2.05) is 0 Å². The standard InChI is InChI=1S/C10H10N4O7/c15-13(16)20-6-10(7-21-14(17)18)5-19-9(12-10)8-2-1-3-11-4-8/h1-4H,5-7H2. The summed E-state index contributed by atoms with van der Waals surface area (Å²) in [7, 11) is 0. The number of ether oxygens (including phenoxy) is 1. The number of pyridine rings is 1. The van der Waals surface area contributed by atoms with E-state index in [-0.39, 0.29) is 12.5 Å². The molecule has 0 spiro atoms. The lowest BCUT2D eigenvalue weighted by molar-refractivity contribution is -0.768. The molecule has 0 saturated heterocycles. The summed E-state index contributed by atoms with van der Waals surface area (Å²) >= 11 is 0. The van der Waals surface area contributed by atoms with Gasteiger partial charge in [-0.25, -0.2) is 4.99 Å². The van der Waals surface area contributed by atoms with Gasteiger partial charge in [-0.1, -0.05) is 0 Å². The van der Waals surface area contributed by atoms with Crippen molar-refractivity contribution in [2.75, 3.05) is 19.8 Å². The highest BCUT2D eigenvalue weighted by Crippen LogP contribution is 2.23. The highest BCUT2D eigenvalue weighted by molar-refractivity contribution is 5.95. The van der Waals surface area contributed by atoms with E-state index in [1.165, 1.54) is 6.20 Å². The molecule has 0 amide bonds. The highest BCUT2D eigenvalue weighted by Gasteiger charge is 2.40. The Bertz CT molecular complexity index is 544. The van der Waals surface area contributed by atoms with Crippen molar-refractivity contribution < 1.29 is 24.6 Å². The fourth-order valence-corrected chi connectivity index (χ4v) is 1.66. The maximum atomic E-state index is 10.3. The normalized spacial score (nSPS) is 15.7. The Balaban J connectivity index is 2.18. The third-order valence-corrected chi connectivity index (χ3v) is 2.60. The van der Waals surface area contributed by atoms with E-state index in [9.17, 15) is 20.2 Å². The fourth-order valence-electron chi connectivity index (χ4n) is 1.66. The van der Waals surface area contributed by atoms with Crippen molar-refractivity contribution in [3.05, 3.63) is 50.3 Å². The number of rotatable bonds is 7. The van der Waals surface area contributed by atoms with Crippen molar-refractivity contribution in [2.24, 2.45) is 4.99 Å². The molecule has 1 aromatic heterocycles. The minimum absolute atomic E-state index is 0.140. The van der Waals surface area contributed by atoms with Crippen LogP contribution in [0.1, 0.15) is 5.56 Å². The molecule has 0 saturated carbocycles. The SMILES string of the molecule is O=[N+]([O-])OCC1(CO[N+](=O)[O-])COC(c2cccnc2)=N1. The van der Waals surface area contributed by atoms with Crippen LogP contribution in [0.3, 0.4) is 0 Å². The summed E-state index contributed by atoms with van der Waals surface area (Å²) in [6, 6.07) is 3.33. The van der Waals surface area contributed by atoms with Crippen LogP contribution in [0.5, 0.6) is 0 Å². The zero-order valence-electron chi connectivity index (χ0n) is 10.6. The van der Waals surface area contributed by atoms with Crippen LogP contribution < -0.4 is 0 Å². The molecule has 0 aliphatic carbocycles. The monoisotopic (exact) mass is 298 g/mol. The lowest BCUT2D eigenvalue weighted by Gasteiger charge is -2.20. The molecule has 21 heavy (non-hydrogen) atoms. The summed E-state index contributed by atoms with van der Waals surface area (Å²) in [5, 5.41) is 18.6. The summed E-state index contributed by atoms with van der Waals surface area (Å²) in [5.41, 5.74) is -0.813. The van der Waals surface area contributed by atoms with E-state index in [0.717, 1.165) is 0 Å². The molecule has 1 aliphatic heterocycles. The zero-order chi connectivity index (χ0) is 15.3. The van der Waals surface area contributed by atoms with Gasteiger partial charge in [-0.3, -0.25) is 4.98 Å². The van der Waals surface area contributed by atoms with Gasteiger partial charge in [0.25, 0.3) is 10.2 Å². The van der Waals surface area contributed by atoms with E-state index in [0.29, 0.717) is 5.56 Å². The minimum atomic E-state index is -1.36. The molecule has 0 unspecified atom stereocenters. The Kier molecular flexibility index (Phi) is 4.11. The van der Waals surface area contributed by atoms with Gasteiger partial charge >= 0.3 is 0 Å². The molecule has 1 aliphatic rings. The number of hydrogen-bond acceptors (Lipinski definition) is 9. The molecule has 2 heterocycles. The van der Waals surface area contributed by atoms with Crippen LogP contribution in [0.15, 0.2) is 29.5 Å². The molecule has 2 rings (SSSR count). The number of nitrogens with zero attached hydrogens (tertiary/aromatic N) is 4. The van der Waals surface area contributed by atoms with Gasteiger partial charge < -0.3 is 14.4 Å². The number of hydrogen-bond donors (Lipinski definition) is 0. The van der Waals surface area contributed by atoms with Crippen LogP contribution in [0, 0.1) is 20.2 Å². The van der Waals surface area contributed by atoms with Crippen LogP contribution >= 0.6 is 0 Å². The van der Waals surface area contributed by atoms with Crippen LogP contribution in [-0.4, -0.2) is 46.4 Å². The molecular weight excluding hydrogens is 288 g/mol. The first-order chi connectivity index (χ1) is 10.0. The van der Waals surface area contributed by atoms with E-state index in [4.69, 9.17) is 4.74 Å². The maximum Gasteiger partial charge on any atom is 0.294 e. The molecule has 1 aromatic rings. The predicted octanol–water partition coefficient (Wildman–Crippen LogP) is 0.0138. The van der Waals surface area contributed by atoms with Gasteiger partial charge in [-0.15, -0.1) is 20.2 Å². The van der Waals surface area contributed by atoms with Gasteiger partial charge in [0, 0.05) is 12.4 Å². The lowest BCUT2D eigenvalue weighted by atomic mass is 10.1.